The van der Waals surface area contributed by atoms with E-state index in [0.717, 1.165) is 24.0 Å². The lowest BCUT2D eigenvalue weighted by atomic mass is 9.83. The molecule has 0 bridgehead atoms. The molecule has 4 rings (SSSR count). The average Bonchev–Trinajstić information content (AvgIpc) is 2.75. The number of amides is 2. The van der Waals surface area contributed by atoms with Gasteiger partial charge in [-0.25, -0.2) is 0 Å². The van der Waals surface area contributed by atoms with Gasteiger partial charge in [0, 0.05) is 55.6 Å². The first-order chi connectivity index (χ1) is 14.1. The smallest absolute Gasteiger partial charge is 0.246 e. The molecule has 29 heavy (non-hydrogen) atoms. The minimum absolute atomic E-state index is 0.000853. The van der Waals surface area contributed by atoms with Gasteiger partial charge >= 0.3 is 0 Å². The predicted octanol–water partition coefficient (Wildman–Crippen LogP) is 3.79. The van der Waals surface area contributed by atoms with Crippen LogP contribution in [-0.4, -0.2) is 45.7 Å². The third kappa shape index (κ3) is 4.51. The minimum Gasteiger partial charge on any atom is -0.339 e. The van der Waals surface area contributed by atoms with E-state index in [1.165, 1.54) is 0 Å². The van der Waals surface area contributed by atoms with E-state index in [1.807, 2.05) is 52.4 Å². The number of carbonyl (C=O) groups is 2. The Morgan fingerprint density at radius 1 is 1.21 bits per heavy atom. The standard InChI is InChI=1S/C23H24ClN3O2/c24-20-6-2-1-5-18(20)7-9-22(28)26-13-11-21-19(16-26)8-10-23(29)27(21)15-17-4-3-12-25-14-17/h1-7,9,12,14,19,21H,8,10-11,13,15-16H2/b9-7+/t19-,21+/m0/s1. The second-order valence-electron chi connectivity index (χ2n) is 7.68. The summed E-state index contributed by atoms with van der Waals surface area (Å²) < 4.78 is 0. The summed E-state index contributed by atoms with van der Waals surface area (Å²) in [6.07, 6.45) is 9.12. The van der Waals surface area contributed by atoms with Crippen molar-refractivity contribution in [3.8, 4) is 0 Å². The van der Waals surface area contributed by atoms with E-state index in [1.54, 1.807) is 18.3 Å². The summed E-state index contributed by atoms with van der Waals surface area (Å²) in [6.45, 7) is 1.94. The fourth-order valence-corrected chi connectivity index (χ4v) is 4.52. The van der Waals surface area contributed by atoms with Crippen LogP contribution >= 0.6 is 11.6 Å². The van der Waals surface area contributed by atoms with Crippen LogP contribution in [0.1, 0.15) is 30.4 Å². The summed E-state index contributed by atoms with van der Waals surface area (Å²) >= 11 is 6.16. The number of benzene rings is 1. The van der Waals surface area contributed by atoms with Gasteiger partial charge in [0.2, 0.25) is 11.8 Å². The number of hydrogen-bond acceptors (Lipinski definition) is 3. The van der Waals surface area contributed by atoms with Crippen LogP contribution in [0.25, 0.3) is 6.08 Å². The van der Waals surface area contributed by atoms with Gasteiger partial charge in [0.1, 0.15) is 0 Å². The summed E-state index contributed by atoms with van der Waals surface area (Å²) in [5, 5.41) is 0.632. The van der Waals surface area contributed by atoms with Crippen molar-refractivity contribution in [1.82, 2.24) is 14.8 Å². The molecule has 1 aromatic heterocycles. The Morgan fingerprint density at radius 2 is 2.07 bits per heavy atom. The van der Waals surface area contributed by atoms with Gasteiger partial charge in [0.05, 0.1) is 0 Å². The van der Waals surface area contributed by atoms with Crippen molar-refractivity contribution in [3.05, 3.63) is 71.0 Å². The Morgan fingerprint density at radius 3 is 2.86 bits per heavy atom. The van der Waals surface area contributed by atoms with Gasteiger partial charge in [0.15, 0.2) is 0 Å². The number of nitrogens with zero attached hydrogens (tertiary/aromatic N) is 3. The SMILES string of the molecule is O=C(/C=C/c1ccccc1Cl)N1CC[C@@H]2[C@@H](CCC(=O)N2Cc2cccnc2)C1. The van der Waals surface area contributed by atoms with Crippen LogP contribution in [0.4, 0.5) is 0 Å². The van der Waals surface area contributed by atoms with Crippen LogP contribution in [0.5, 0.6) is 0 Å². The number of piperidine rings is 2. The van der Waals surface area contributed by atoms with Crippen LogP contribution in [-0.2, 0) is 16.1 Å². The number of halogens is 1. The van der Waals surface area contributed by atoms with E-state index in [-0.39, 0.29) is 17.9 Å². The van der Waals surface area contributed by atoms with Crippen LogP contribution in [0.15, 0.2) is 54.9 Å². The molecule has 0 spiro atoms. The molecular weight excluding hydrogens is 386 g/mol. The first-order valence-electron chi connectivity index (χ1n) is 10.0. The predicted molar refractivity (Wildman–Crippen MR) is 113 cm³/mol. The molecule has 150 valence electrons. The zero-order chi connectivity index (χ0) is 20.2. The van der Waals surface area contributed by atoms with Gasteiger partial charge in [-0.1, -0.05) is 35.9 Å². The molecule has 1 aromatic carbocycles. The van der Waals surface area contributed by atoms with Crippen molar-refractivity contribution in [2.75, 3.05) is 13.1 Å². The van der Waals surface area contributed by atoms with Gasteiger partial charge in [-0.15, -0.1) is 0 Å². The van der Waals surface area contributed by atoms with Crippen LogP contribution in [0.3, 0.4) is 0 Å². The molecule has 2 fully saturated rings. The Kier molecular flexibility index (Phi) is 5.95. The quantitative estimate of drug-likeness (QED) is 0.722. The van der Waals surface area contributed by atoms with Gasteiger partial charge in [0.25, 0.3) is 0 Å². The largest absolute Gasteiger partial charge is 0.339 e. The topological polar surface area (TPSA) is 53.5 Å². The third-order valence-electron chi connectivity index (χ3n) is 5.84. The van der Waals surface area contributed by atoms with Crippen molar-refractivity contribution in [2.24, 2.45) is 5.92 Å². The van der Waals surface area contributed by atoms with Crippen molar-refractivity contribution in [3.63, 3.8) is 0 Å². The van der Waals surface area contributed by atoms with E-state index in [2.05, 4.69) is 4.98 Å². The zero-order valence-corrected chi connectivity index (χ0v) is 17.0. The maximum absolute atomic E-state index is 12.7. The summed E-state index contributed by atoms with van der Waals surface area (Å²) in [6, 6.07) is 11.6. The molecule has 2 saturated heterocycles. The van der Waals surface area contributed by atoms with Crippen molar-refractivity contribution < 1.29 is 9.59 Å². The second kappa shape index (κ2) is 8.78. The fraction of sp³-hybridized carbons (Fsp3) is 0.348. The molecule has 2 aliphatic heterocycles. The number of pyridine rings is 1. The maximum Gasteiger partial charge on any atom is 0.246 e. The van der Waals surface area contributed by atoms with Gasteiger partial charge < -0.3 is 9.80 Å². The number of aromatic nitrogens is 1. The summed E-state index contributed by atoms with van der Waals surface area (Å²) in [4.78, 5) is 33.3. The van der Waals surface area contributed by atoms with Crippen molar-refractivity contribution in [1.29, 1.82) is 0 Å². The molecule has 0 unspecified atom stereocenters. The van der Waals surface area contributed by atoms with Crippen molar-refractivity contribution in [2.45, 2.75) is 31.8 Å². The van der Waals surface area contributed by atoms with Crippen LogP contribution in [0.2, 0.25) is 5.02 Å². The molecule has 2 amide bonds. The highest BCUT2D eigenvalue weighted by molar-refractivity contribution is 6.32. The Bertz CT molecular complexity index is 915. The maximum atomic E-state index is 12.7. The van der Waals surface area contributed by atoms with Gasteiger partial charge in [-0.2, -0.15) is 0 Å². The molecule has 5 nitrogen and oxygen atoms in total. The Hall–Kier alpha value is -2.66. The van der Waals surface area contributed by atoms with E-state index in [9.17, 15) is 9.59 Å². The van der Waals surface area contributed by atoms with E-state index >= 15 is 0 Å². The van der Waals surface area contributed by atoms with Crippen LogP contribution in [0, 0.1) is 5.92 Å². The highest BCUT2D eigenvalue weighted by Gasteiger charge is 2.39. The van der Waals surface area contributed by atoms with E-state index in [4.69, 9.17) is 11.6 Å². The van der Waals surface area contributed by atoms with E-state index in [0.29, 0.717) is 37.0 Å². The summed E-state index contributed by atoms with van der Waals surface area (Å²) in [5.41, 5.74) is 1.88. The lowest BCUT2D eigenvalue weighted by Gasteiger charge is -2.47. The number of carbonyl (C=O) groups excluding carboxylic acids is 2. The number of hydrogen-bond donors (Lipinski definition) is 0. The second-order valence-corrected chi connectivity index (χ2v) is 8.08. The monoisotopic (exact) mass is 409 g/mol. The van der Waals surface area contributed by atoms with Gasteiger partial charge in [-0.05, 0) is 48.1 Å². The molecule has 0 saturated carbocycles. The first-order valence-corrected chi connectivity index (χ1v) is 10.4. The molecular formula is C23H24ClN3O2. The third-order valence-corrected chi connectivity index (χ3v) is 6.19. The highest BCUT2D eigenvalue weighted by Crippen LogP contribution is 2.32. The zero-order valence-electron chi connectivity index (χ0n) is 16.2. The summed E-state index contributed by atoms with van der Waals surface area (Å²) in [5.74, 6) is 0.517. The molecule has 2 atom stereocenters. The molecule has 2 aromatic rings. The normalized spacial score (nSPS) is 22.0. The van der Waals surface area contributed by atoms with E-state index < -0.39 is 0 Å². The fourth-order valence-electron chi connectivity index (χ4n) is 4.32. The minimum atomic E-state index is -0.000853. The number of likely N-dealkylation sites (tertiary alicyclic amines) is 2. The lowest BCUT2D eigenvalue weighted by Crippen LogP contribution is -2.56. The molecule has 6 heteroatoms. The summed E-state index contributed by atoms with van der Waals surface area (Å²) in [7, 11) is 0. The molecule has 0 aliphatic carbocycles. The highest BCUT2D eigenvalue weighted by atomic mass is 35.5. The molecule has 0 radical (unpaired) electrons. The van der Waals surface area contributed by atoms with Gasteiger partial charge in [-0.3, -0.25) is 14.6 Å². The number of fused-ring (bicyclic) bond motifs is 1. The Labute approximate surface area is 176 Å². The molecule has 0 N–H and O–H groups in total. The van der Waals surface area contributed by atoms with Crippen LogP contribution < -0.4 is 0 Å². The Balaban J connectivity index is 1.41. The molecule has 2 aliphatic rings. The first kappa shape index (κ1) is 19.6. The molecule has 3 heterocycles. The lowest BCUT2D eigenvalue weighted by molar-refractivity contribution is -0.143. The van der Waals surface area contributed by atoms with Crippen molar-refractivity contribution >= 4 is 29.5 Å². The number of rotatable bonds is 4. The average molecular weight is 410 g/mol.